The molecule has 1 saturated heterocycles. The highest BCUT2D eigenvalue weighted by molar-refractivity contribution is 5.94. The summed E-state index contributed by atoms with van der Waals surface area (Å²) in [6, 6.07) is 5.34. The van der Waals surface area contributed by atoms with Gasteiger partial charge in [0.15, 0.2) is 0 Å². The van der Waals surface area contributed by atoms with Crippen molar-refractivity contribution >= 4 is 11.7 Å². The quantitative estimate of drug-likeness (QED) is 0.872. The summed E-state index contributed by atoms with van der Waals surface area (Å²) in [7, 11) is 0. The molecule has 0 bridgehead atoms. The second-order valence-electron chi connectivity index (χ2n) is 7.46. The van der Waals surface area contributed by atoms with Gasteiger partial charge >= 0.3 is 0 Å². The van der Waals surface area contributed by atoms with Crippen LogP contribution in [0, 0.1) is 0 Å². The van der Waals surface area contributed by atoms with Crippen LogP contribution in [-0.4, -0.2) is 58.5 Å². The van der Waals surface area contributed by atoms with Gasteiger partial charge in [0, 0.05) is 37.4 Å². The smallest absolute Gasteiger partial charge is 0.255 e. The van der Waals surface area contributed by atoms with Crippen molar-refractivity contribution in [3.8, 4) is 0 Å². The first-order chi connectivity index (χ1) is 11.7. The standard InChI is InChI=1S/C19H28N4O/c1-2-22-11-9-17(10-12-22)23(16-6-7-16)19(24)14-3-8-18(20-13-14)21-15-4-5-15/h3,8,13,15-17H,2,4-7,9-12H2,1H3,(H,20,21). The molecule has 0 aromatic carbocycles. The zero-order valence-corrected chi connectivity index (χ0v) is 14.6. The second kappa shape index (κ2) is 6.71. The van der Waals surface area contributed by atoms with E-state index in [1.807, 2.05) is 12.1 Å². The molecule has 4 rings (SSSR count). The van der Waals surface area contributed by atoms with E-state index in [2.05, 4.69) is 27.0 Å². The first-order valence-electron chi connectivity index (χ1n) is 9.52. The maximum atomic E-state index is 13.1. The first-order valence-corrected chi connectivity index (χ1v) is 9.52. The number of likely N-dealkylation sites (tertiary alicyclic amines) is 1. The van der Waals surface area contributed by atoms with Crippen LogP contribution < -0.4 is 5.32 Å². The highest BCUT2D eigenvalue weighted by Crippen LogP contribution is 2.33. The molecule has 0 atom stereocenters. The molecule has 2 heterocycles. The number of carbonyl (C=O) groups is 1. The third kappa shape index (κ3) is 3.56. The summed E-state index contributed by atoms with van der Waals surface area (Å²) in [5.41, 5.74) is 0.737. The zero-order chi connectivity index (χ0) is 16.5. The topological polar surface area (TPSA) is 48.5 Å². The van der Waals surface area contributed by atoms with Crippen LogP contribution >= 0.6 is 0 Å². The summed E-state index contributed by atoms with van der Waals surface area (Å²) < 4.78 is 0. The largest absolute Gasteiger partial charge is 0.367 e. The summed E-state index contributed by atoms with van der Waals surface area (Å²) >= 11 is 0. The Hall–Kier alpha value is -1.62. The third-order valence-corrected chi connectivity index (χ3v) is 5.51. The lowest BCUT2D eigenvalue weighted by atomic mass is 10.0. The minimum absolute atomic E-state index is 0.179. The normalized spacial score (nSPS) is 22.4. The summed E-state index contributed by atoms with van der Waals surface area (Å²) in [5.74, 6) is 1.07. The number of rotatable bonds is 6. The number of anilines is 1. The van der Waals surface area contributed by atoms with Crippen molar-refractivity contribution in [1.82, 2.24) is 14.8 Å². The van der Waals surface area contributed by atoms with Crippen molar-refractivity contribution in [2.75, 3.05) is 25.0 Å². The molecular weight excluding hydrogens is 300 g/mol. The van der Waals surface area contributed by atoms with Crippen LogP contribution in [-0.2, 0) is 0 Å². The van der Waals surface area contributed by atoms with Gasteiger partial charge in [-0.1, -0.05) is 6.92 Å². The summed E-state index contributed by atoms with van der Waals surface area (Å²) in [6.45, 7) is 5.55. The van der Waals surface area contributed by atoms with E-state index in [0.29, 0.717) is 18.1 Å². The van der Waals surface area contributed by atoms with E-state index in [1.165, 1.54) is 12.8 Å². The average molecular weight is 328 g/mol. The number of pyridine rings is 1. The predicted molar refractivity (Wildman–Crippen MR) is 95.2 cm³/mol. The molecule has 130 valence electrons. The number of nitrogens with one attached hydrogen (secondary N) is 1. The van der Waals surface area contributed by atoms with Gasteiger partial charge in [0.25, 0.3) is 5.91 Å². The summed E-state index contributed by atoms with van der Waals surface area (Å²) in [6.07, 6.45) is 8.74. The van der Waals surface area contributed by atoms with Gasteiger partial charge in [0.05, 0.1) is 5.56 Å². The van der Waals surface area contributed by atoms with Gasteiger partial charge in [-0.25, -0.2) is 4.98 Å². The SMILES string of the molecule is CCN1CCC(N(C(=O)c2ccc(NC3CC3)nc2)C2CC2)CC1. The second-order valence-corrected chi connectivity index (χ2v) is 7.46. The first kappa shape index (κ1) is 15.9. The number of piperidine rings is 1. The van der Waals surface area contributed by atoms with Gasteiger partial charge in [-0.15, -0.1) is 0 Å². The number of hydrogen-bond donors (Lipinski definition) is 1. The van der Waals surface area contributed by atoms with E-state index in [1.54, 1.807) is 6.20 Å². The fourth-order valence-electron chi connectivity index (χ4n) is 3.69. The maximum absolute atomic E-state index is 13.1. The predicted octanol–water partition coefficient (Wildman–Crippen LogP) is 2.74. The van der Waals surface area contributed by atoms with Crippen molar-refractivity contribution in [1.29, 1.82) is 0 Å². The molecule has 2 saturated carbocycles. The van der Waals surface area contributed by atoms with Crippen LogP contribution in [0.3, 0.4) is 0 Å². The van der Waals surface area contributed by atoms with Gasteiger partial charge in [0.1, 0.15) is 5.82 Å². The Morgan fingerprint density at radius 1 is 1.17 bits per heavy atom. The fourth-order valence-corrected chi connectivity index (χ4v) is 3.69. The van der Waals surface area contributed by atoms with Crippen LogP contribution in [0.25, 0.3) is 0 Å². The van der Waals surface area contributed by atoms with Crippen molar-refractivity contribution in [2.24, 2.45) is 0 Å². The van der Waals surface area contributed by atoms with Gasteiger partial charge in [-0.2, -0.15) is 0 Å². The average Bonchev–Trinajstić information content (AvgIpc) is 3.52. The number of aromatic nitrogens is 1. The van der Waals surface area contributed by atoms with Crippen molar-refractivity contribution in [2.45, 2.75) is 63.6 Å². The fraction of sp³-hybridized carbons (Fsp3) is 0.684. The lowest BCUT2D eigenvalue weighted by Crippen LogP contribution is -2.48. The minimum Gasteiger partial charge on any atom is -0.367 e. The molecule has 1 aliphatic heterocycles. The van der Waals surface area contributed by atoms with E-state index < -0.39 is 0 Å². The lowest BCUT2D eigenvalue weighted by molar-refractivity contribution is 0.0554. The molecule has 0 spiro atoms. The van der Waals surface area contributed by atoms with E-state index in [0.717, 1.165) is 56.7 Å². The summed E-state index contributed by atoms with van der Waals surface area (Å²) in [5, 5.41) is 3.38. The Bertz CT molecular complexity index is 572. The molecule has 1 N–H and O–H groups in total. The Kier molecular flexibility index (Phi) is 4.44. The molecule has 5 heteroatoms. The number of amides is 1. The molecule has 5 nitrogen and oxygen atoms in total. The van der Waals surface area contributed by atoms with Crippen LogP contribution in [0.5, 0.6) is 0 Å². The molecule has 2 aliphatic carbocycles. The molecule has 1 amide bonds. The monoisotopic (exact) mass is 328 g/mol. The minimum atomic E-state index is 0.179. The molecule has 3 fully saturated rings. The Labute approximate surface area is 144 Å². The molecule has 1 aromatic heterocycles. The lowest BCUT2D eigenvalue weighted by Gasteiger charge is -2.38. The molecule has 3 aliphatic rings. The van der Waals surface area contributed by atoms with E-state index in [4.69, 9.17) is 0 Å². The molecule has 0 unspecified atom stereocenters. The number of nitrogens with zero attached hydrogens (tertiary/aromatic N) is 3. The van der Waals surface area contributed by atoms with Crippen LogP contribution in [0.1, 0.15) is 55.8 Å². The van der Waals surface area contributed by atoms with Crippen LogP contribution in [0.15, 0.2) is 18.3 Å². The molecule has 24 heavy (non-hydrogen) atoms. The van der Waals surface area contributed by atoms with Gasteiger partial charge in [0.2, 0.25) is 0 Å². The van der Waals surface area contributed by atoms with Gasteiger partial charge in [-0.3, -0.25) is 4.79 Å². The van der Waals surface area contributed by atoms with Crippen molar-refractivity contribution < 1.29 is 4.79 Å². The highest BCUT2D eigenvalue weighted by Gasteiger charge is 2.38. The number of carbonyl (C=O) groups excluding carboxylic acids is 1. The molecular formula is C19H28N4O. The zero-order valence-electron chi connectivity index (χ0n) is 14.6. The van der Waals surface area contributed by atoms with E-state index >= 15 is 0 Å². The molecule has 0 radical (unpaired) electrons. The Balaban J connectivity index is 1.43. The van der Waals surface area contributed by atoms with Crippen molar-refractivity contribution in [3.63, 3.8) is 0 Å². The highest BCUT2D eigenvalue weighted by atomic mass is 16.2. The van der Waals surface area contributed by atoms with E-state index in [9.17, 15) is 4.79 Å². The number of hydrogen-bond acceptors (Lipinski definition) is 4. The summed E-state index contributed by atoms with van der Waals surface area (Å²) in [4.78, 5) is 22.2. The van der Waals surface area contributed by atoms with Gasteiger partial charge in [-0.05, 0) is 57.2 Å². The van der Waals surface area contributed by atoms with Crippen molar-refractivity contribution in [3.05, 3.63) is 23.9 Å². The Morgan fingerprint density at radius 3 is 2.42 bits per heavy atom. The van der Waals surface area contributed by atoms with Gasteiger partial charge < -0.3 is 15.1 Å². The van der Waals surface area contributed by atoms with Crippen LogP contribution in [0.4, 0.5) is 5.82 Å². The Morgan fingerprint density at radius 2 is 1.88 bits per heavy atom. The maximum Gasteiger partial charge on any atom is 0.255 e. The van der Waals surface area contributed by atoms with E-state index in [-0.39, 0.29) is 5.91 Å². The molecule has 1 aromatic rings. The van der Waals surface area contributed by atoms with Crippen LogP contribution in [0.2, 0.25) is 0 Å². The third-order valence-electron chi connectivity index (χ3n) is 5.51.